The van der Waals surface area contributed by atoms with Gasteiger partial charge in [-0.05, 0) is 24.0 Å². The molecule has 7 heteroatoms. The Hall–Kier alpha value is -1.89. The number of hydrogen-bond donors (Lipinski definition) is 0. The van der Waals surface area contributed by atoms with Crippen LogP contribution in [-0.2, 0) is 11.2 Å². The second-order valence-electron chi connectivity index (χ2n) is 5.50. The molecule has 1 aromatic rings. The second kappa shape index (κ2) is 6.91. The number of aliphatic imine (C=N–C) groups is 1. The van der Waals surface area contributed by atoms with Crippen LogP contribution in [0.5, 0.6) is 0 Å². The molecule has 0 N–H and O–H groups in total. The van der Waals surface area contributed by atoms with E-state index in [2.05, 4.69) is 18.8 Å². The highest BCUT2D eigenvalue weighted by atomic mass is 32.2. The first-order chi connectivity index (χ1) is 10.4. The maximum atomic E-state index is 11.9. The van der Waals surface area contributed by atoms with E-state index in [9.17, 15) is 14.9 Å². The lowest BCUT2D eigenvalue weighted by Gasteiger charge is -2.18. The summed E-state index contributed by atoms with van der Waals surface area (Å²) >= 11 is 1.42. The van der Waals surface area contributed by atoms with Crippen LogP contribution in [0.1, 0.15) is 26.3 Å². The van der Waals surface area contributed by atoms with E-state index in [0.717, 1.165) is 5.56 Å². The molecule has 0 saturated carbocycles. The molecule has 6 nitrogen and oxygen atoms in total. The first-order valence-electron chi connectivity index (χ1n) is 7.21. The fourth-order valence-electron chi connectivity index (χ4n) is 2.21. The second-order valence-corrected chi connectivity index (χ2v) is 6.45. The lowest BCUT2D eigenvalue weighted by atomic mass is 10.1. The molecular weight excluding hydrogens is 302 g/mol. The highest BCUT2D eigenvalue weighted by molar-refractivity contribution is 8.15. The maximum absolute atomic E-state index is 11.9. The maximum Gasteiger partial charge on any atom is 0.269 e. The molecule has 1 heterocycles. The first kappa shape index (κ1) is 16.5. The normalized spacial score (nSPS) is 16.8. The number of non-ortho nitro benzene ring substituents is 1. The van der Waals surface area contributed by atoms with Gasteiger partial charge in [-0.3, -0.25) is 19.8 Å². The lowest BCUT2D eigenvalue weighted by Crippen LogP contribution is -2.32. The molecule has 0 aliphatic carbocycles. The summed E-state index contributed by atoms with van der Waals surface area (Å²) in [6.45, 7) is 6.68. The number of amidine groups is 1. The largest absolute Gasteiger partial charge is 0.290 e. The molecular formula is C15H19N3O3S. The topological polar surface area (TPSA) is 75.8 Å². The SMILES string of the molecule is CCc1cc([N+](=O)[O-])ccc1N=C1SCC(=O)N1CC(C)C. The Kier molecular flexibility index (Phi) is 5.18. The van der Waals surface area contributed by atoms with Crippen LogP contribution in [0.15, 0.2) is 23.2 Å². The molecule has 1 aromatic carbocycles. The van der Waals surface area contributed by atoms with Crippen molar-refractivity contribution in [1.82, 2.24) is 4.90 Å². The van der Waals surface area contributed by atoms with Crippen molar-refractivity contribution >= 4 is 34.2 Å². The van der Waals surface area contributed by atoms with Gasteiger partial charge < -0.3 is 0 Å². The number of benzene rings is 1. The van der Waals surface area contributed by atoms with Crippen molar-refractivity contribution in [3.05, 3.63) is 33.9 Å². The van der Waals surface area contributed by atoms with Crippen LogP contribution in [0.3, 0.4) is 0 Å². The number of nitrogens with zero attached hydrogens (tertiary/aromatic N) is 3. The minimum absolute atomic E-state index is 0.0648. The number of nitro benzene ring substituents is 1. The third-order valence-electron chi connectivity index (χ3n) is 3.28. The van der Waals surface area contributed by atoms with Gasteiger partial charge in [0.25, 0.3) is 5.69 Å². The Bertz CT molecular complexity index is 628. The molecule has 1 amide bonds. The number of hydrogen-bond acceptors (Lipinski definition) is 5. The summed E-state index contributed by atoms with van der Waals surface area (Å²) in [6.07, 6.45) is 0.649. The van der Waals surface area contributed by atoms with Crippen LogP contribution in [-0.4, -0.2) is 33.2 Å². The minimum Gasteiger partial charge on any atom is -0.290 e. The molecule has 2 rings (SSSR count). The molecule has 0 spiro atoms. The van der Waals surface area contributed by atoms with Crippen molar-refractivity contribution in [2.75, 3.05) is 12.3 Å². The van der Waals surface area contributed by atoms with Crippen LogP contribution in [0.4, 0.5) is 11.4 Å². The van der Waals surface area contributed by atoms with E-state index in [0.29, 0.717) is 35.5 Å². The molecule has 118 valence electrons. The number of amides is 1. The third kappa shape index (κ3) is 3.65. The lowest BCUT2D eigenvalue weighted by molar-refractivity contribution is -0.384. The molecule has 1 aliphatic heterocycles. The van der Waals surface area contributed by atoms with Gasteiger partial charge in [0.15, 0.2) is 5.17 Å². The molecule has 0 unspecified atom stereocenters. The van der Waals surface area contributed by atoms with Crippen LogP contribution in [0.2, 0.25) is 0 Å². The fraction of sp³-hybridized carbons (Fsp3) is 0.467. The van der Waals surface area contributed by atoms with E-state index in [4.69, 9.17) is 0 Å². The number of carbonyl (C=O) groups is 1. The molecule has 0 bridgehead atoms. The molecule has 0 radical (unpaired) electrons. The molecule has 0 atom stereocenters. The highest BCUT2D eigenvalue weighted by Crippen LogP contribution is 2.29. The summed E-state index contributed by atoms with van der Waals surface area (Å²) in [7, 11) is 0. The molecule has 0 aromatic heterocycles. The quantitative estimate of drug-likeness (QED) is 0.615. The zero-order valence-corrected chi connectivity index (χ0v) is 13.7. The monoisotopic (exact) mass is 321 g/mol. The summed E-state index contributed by atoms with van der Waals surface area (Å²) in [5.74, 6) is 0.827. The third-order valence-corrected chi connectivity index (χ3v) is 4.24. The predicted octanol–water partition coefficient (Wildman–Crippen LogP) is 3.38. The van der Waals surface area contributed by atoms with Gasteiger partial charge in [-0.15, -0.1) is 0 Å². The summed E-state index contributed by atoms with van der Waals surface area (Å²) in [4.78, 5) is 28.7. The standard InChI is InChI=1S/C15H19N3O3S/c1-4-11-7-12(18(20)21)5-6-13(11)16-15-17(8-10(2)3)14(19)9-22-15/h5-7,10H,4,8-9H2,1-3H3. The van der Waals surface area contributed by atoms with Gasteiger partial charge in [0.2, 0.25) is 5.91 Å². The van der Waals surface area contributed by atoms with E-state index >= 15 is 0 Å². The number of thioether (sulfide) groups is 1. The average Bonchev–Trinajstić information content (AvgIpc) is 2.80. The number of nitro groups is 1. The summed E-state index contributed by atoms with van der Waals surface area (Å²) in [5.41, 5.74) is 1.57. The van der Waals surface area contributed by atoms with Crippen molar-refractivity contribution in [2.24, 2.45) is 10.9 Å². The molecule has 1 saturated heterocycles. The van der Waals surface area contributed by atoms with E-state index in [1.807, 2.05) is 6.92 Å². The Balaban J connectivity index is 2.35. The number of carbonyl (C=O) groups excluding carboxylic acids is 1. The van der Waals surface area contributed by atoms with Gasteiger partial charge in [-0.1, -0.05) is 32.5 Å². The number of rotatable bonds is 5. The smallest absolute Gasteiger partial charge is 0.269 e. The average molecular weight is 321 g/mol. The van der Waals surface area contributed by atoms with Gasteiger partial charge in [-0.25, -0.2) is 4.99 Å². The van der Waals surface area contributed by atoms with E-state index in [1.54, 1.807) is 17.0 Å². The summed E-state index contributed by atoms with van der Waals surface area (Å²) in [5, 5.41) is 11.5. The van der Waals surface area contributed by atoms with E-state index < -0.39 is 4.92 Å². The number of aryl methyl sites for hydroxylation is 1. The van der Waals surface area contributed by atoms with Crippen LogP contribution in [0.25, 0.3) is 0 Å². The zero-order valence-electron chi connectivity index (χ0n) is 12.9. The van der Waals surface area contributed by atoms with Gasteiger partial charge in [0.05, 0.1) is 16.4 Å². The molecule has 1 aliphatic rings. The van der Waals surface area contributed by atoms with Crippen LogP contribution >= 0.6 is 11.8 Å². The van der Waals surface area contributed by atoms with Crippen LogP contribution < -0.4 is 0 Å². The summed E-state index contributed by atoms with van der Waals surface area (Å²) < 4.78 is 0. The van der Waals surface area contributed by atoms with Crippen molar-refractivity contribution in [2.45, 2.75) is 27.2 Å². The van der Waals surface area contributed by atoms with Crippen LogP contribution in [0, 0.1) is 16.0 Å². The highest BCUT2D eigenvalue weighted by Gasteiger charge is 2.28. The van der Waals surface area contributed by atoms with Gasteiger partial charge in [-0.2, -0.15) is 0 Å². The van der Waals surface area contributed by atoms with Gasteiger partial charge >= 0.3 is 0 Å². The van der Waals surface area contributed by atoms with E-state index in [1.165, 1.54) is 17.8 Å². The Morgan fingerprint density at radius 2 is 2.18 bits per heavy atom. The van der Waals surface area contributed by atoms with Gasteiger partial charge in [0, 0.05) is 18.7 Å². The first-order valence-corrected chi connectivity index (χ1v) is 8.20. The van der Waals surface area contributed by atoms with E-state index in [-0.39, 0.29) is 11.6 Å². The summed E-state index contributed by atoms with van der Waals surface area (Å²) in [6, 6.07) is 4.65. The van der Waals surface area contributed by atoms with Crippen molar-refractivity contribution in [3.63, 3.8) is 0 Å². The predicted molar refractivity (Wildman–Crippen MR) is 88.6 cm³/mol. The van der Waals surface area contributed by atoms with Crippen molar-refractivity contribution < 1.29 is 9.72 Å². The van der Waals surface area contributed by atoms with Crippen molar-refractivity contribution in [3.8, 4) is 0 Å². The van der Waals surface area contributed by atoms with Crippen molar-refractivity contribution in [1.29, 1.82) is 0 Å². The minimum atomic E-state index is -0.408. The molecule has 22 heavy (non-hydrogen) atoms. The Labute approximate surface area is 133 Å². The zero-order chi connectivity index (χ0) is 16.3. The Morgan fingerprint density at radius 1 is 1.45 bits per heavy atom. The molecule has 1 fully saturated rings. The van der Waals surface area contributed by atoms with Gasteiger partial charge in [0.1, 0.15) is 0 Å². The Morgan fingerprint density at radius 3 is 2.77 bits per heavy atom. The fourth-order valence-corrected chi connectivity index (χ4v) is 3.11.